The zero-order valence-corrected chi connectivity index (χ0v) is 17.9. The highest BCUT2D eigenvalue weighted by Crippen LogP contribution is 2.24. The summed E-state index contributed by atoms with van der Waals surface area (Å²) in [6.45, 7) is 7.38. The molecule has 1 aromatic heterocycles. The second kappa shape index (κ2) is 8.23. The molecule has 1 aliphatic rings. The molecule has 2 aromatic rings. The van der Waals surface area contributed by atoms with Crippen LogP contribution in [0.4, 0.5) is 0 Å². The van der Waals surface area contributed by atoms with Gasteiger partial charge in [-0.15, -0.1) is 0 Å². The van der Waals surface area contributed by atoms with E-state index in [9.17, 15) is 13.2 Å². The first kappa shape index (κ1) is 20.8. The molecule has 28 heavy (non-hydrogen) atoms. The average molecular weight is 425 g/mol. The van der Waals surface area contributed by atoms with E-state index in [1.54, 1.807) is 35.6 Å². The van der Waals surface area contributed by atoms with Crippen molar-refractivity contribution in [2.75, 3.05) is 26.2 Å². The van der Waals surface area contributed by atoms with Gasteiger partial charge in [-0.1, -0.05) is 23.7 Å². The number of nitrogens with zero attached hydrogens (tertiary/aromatic N) is 4. The highest BCUT2D eigenvalue weighted by Gasteiger charge is 2.34. The summed E-state index contributed by atoms with van der Waals surface area (Å²) in [7, 11) is -3.63. The van der Waals surface area contributed by atoms with Gasteiger partial charge in [0.15, 0.2) is 0 Å². The van der Waals surface area contributed by atoms with Gasteiger partial charge in [-0.05, 0) is 38.5 Å². The van der Waals surface area contributed by atoms with E-state index in [0.29, 0.717) is 36.0 Å². The van der Waals surface area contributed by atoms with Crippen molar-refractivity contribution in [3.05, 3.63) is 46.2 Å². The third-order valence-electron chi connectivity index (χ3n) is 5.07. The van der Waals surface area contributed by atoms with Crippen LogP contribution in [-0.2, 0) is 27.8 Å². The first-order valence-electron chi connectivity index (χ1n) is 9.30. The van der Waals surface area contributed by atoms with Gasteiger partial charge in [0.2, 0.25) is 15.9 Å². The number of benzene rings is 1. The lowest BCUT2D eigenvalue weighted by Gasteiger charge is -2.34. The molecule has 1 amide bonds. The molecule has 0 saturated carbocycles. The number of rotatable bonds is 5. The standard InChI is InChI=1S/C19H25ClN4O3S/c1-4-24-15(3)19(14(2)21-24)28(26,27)23-11-9-22(10-12-23)18(25)13-16-5-7-17(20)8-6-16/h5-8H,4,9-13H2,1-3H3. The lowest BCUT2D eigenvalue weighted by atomic mass is 10.1. The van der Waals surface area contributed by atoms with Crippen LogP contribution < -0.4 is 0 Å². The maximum atomic E-state index is 13.1. The number of aromatic nitrogens is 2. The van der Waals surface area contributed by atoms with Crippen molar-refractivity contribution in [1.29, 1.82) is 0 Å². The number of hydrogen-bond acceptors (Lipinski definition) is 4. The SMILES string of the molecule is CCn1nc(C)c(S(=O)(=O)N2CCN(C(=O)Cc3ccc(Cl)cc3)CC2)c1C. The maximum absolute atomic E-state index is 13.1. The van der Waals surface area contributed by atoms with Crippen LogP contribution in [0.25, 0.3) is 0 Å². The molecule has 7 nitrogen and oxygen atoms in total. The second-order valence-corrected chi connectivity index (χ2v) is 9.22. The summed E-state index contributed by atoms with van der Waals surface area (Å²) in [4.78, 5) is 14.5. The molecule has 9 heteroatoms. The minimum atomic E-state index is -3.63. The number of hydrogen-bond donors (Lipinski definition) is 0. The Kier molecular flexibility index (Phi) is 6.12. The van der Waals surface area contributed by atoms with E-state index in [-0.39, 0.29) is 30.3 Å². The van der Waals surface area contributed by atoms with Crippen molar-refractivity contribution in [3.63, 3.8) is 0 Å². The molecule has 3 rings (SSSR count). The van der Waals surface area contributed by atoms with E-state index in [4.69, 9.17) is 11.6 Å². The monoisotopic (exact) mass is 424 g/mol. The minimum Gasteiger partial charge on any atom is -0.340 e. The van der Waals surface area contributed by atoms with Crippen LogP contribution in [0.2, 0.25) is 5.02 Å². The summed E-state index contributed by atoms with van der Waals surface area (Å²) in [6.07, 6.45) is 0.283. The molecule has 0 unspecified atom stereocenters. The van der Waals surface area contributed by atoms with E-state index in [2.05, 4.69) is 5.10 Å². The molecule has 2 heterocycles. The fourth-order valence-electron chi connectivity index (χ4n) is 3.56. The molecule has 1 fully saturated rings. The molecular formula is C19H25ClN4O3S. The lowest BCUT2D eigenvalue weighted by molar-refractivity contribution is -0.131. The quantitative estimate of drug-likeness (QED) is 0.737. The molecule has 0 bridgehead atoms. The molecule has 1 aromatic carbocycles. The fourth-order valence-corrected chi connectivity index (χ4v) is 5.48. The Morgan fingerprint density at radius 3 is 2.25 bits per heavy atom. The van der Waals surface area contributed by atoms with Gasteiger partial charge in [0.05, 0.1) is 17.8 Å². The van der Waals surface area contributed by atoms with E-state index in [1.807, 2.05) is 19.1 Å². The van der Waals surface area contributed by atoms with Gasteiger partial charge < -0.3 is 4.90 Å². The number of aryl methyl sites for hydroxylation is 2. The van der Waals surface area contributed by atoms with Crippen LogP contribution in [0, 0.1) is 13.8 Å². The number of piperazine rings is 1. The normalized spacial score (nSPS) is 15.8. The average Bonchev–Trinajstić information content (AvgIpc) is 2.97. The van der Waals surface area contributed by atoms with Crippen molar-refractivity contribution < 1.29 is 13.2 Å². The van der Waals surface area contributed by atoms with Crippen molar-refractivity contribution in [2.45, 2.75) is 38.6 Å². The van der Waals surface area contributed by atoms with Crippen molar-refractivity contribution in [1.82, 2.24) is 19.0 Å². The molecular weight excluding hydrogens is 400 g/mol. The van der Waals surface area contributed by atoms with Gasteiger partial charge in [0.25, 0.3) is 0 Å². The van der Waals surface area contributed by atoms with Crippen LogP contribution in [0.3, 0.4) is 0 Å². The molecule has 152 valence electrons. The Labute approximate surface area is 170 Å². The van der Waals surface area contributed by atoms with Gasteiger partial charge in [-0.2, -0.15) is 9.40 Å². The van der Waals surface area contributed by atoms with Gasteiger partial charge >= 0.3 is 0 Å². The van der Waals surface area contributed by atoms with Crippen molar-refractivity contribution >= 4 is 27.5 Å². The van der Waals surface area contributed by atoms with Gasteiger partial charge in [0.1, 0.15) is 4.90 Å². The first-order chi connectivity index (χ1) is 13.2. The van der Waals surface area contributed by atoms with Gasteiger partial charge in [-0.3, -0.25) is 9.48 Å². The zero-order chi connectivity index (χ0) is 20.5. The Hall–Kier alpha value is -1.90. The Bertz CT molecular complexity index is 962. The smallest absolute Gasteiger partial charge is 0.246 e. The largest absolute Gasteiger partial charge is 0.340 e. The minimum absolute atomic E-state index is 0.00876. The van der Waals surface area contributed by atoms with Crippen LogP contribution in [0.5, 0.6) is 0 Å². The predicted octanol–water partition coefficient (Wildman–Crippen LogP) is 2.25. The molecule has 0 spiro atoms. The van der Waals surface area contributed by atoms with E-state index in [0.717, 1.165) is 5.56 Å². The summed E-state index contributed by atoms with van der Waals surface area (Å²) >= 11 is 5.88. The predicted molar refractivity (Wildman–Crippen MR) is 108 cm³/mol. The lowest BCUT2D eigenvalue weighted by Crippen LogP contribution is -2.51. The van der Waals surface area contributed by atoms with E-state index >= 15 is 0 Å². The summed E-state index contributed by atoms with van der Waals surface area (Å²) in [5.41, 5.74) is 2.06. The third-order valence-corrected chi connectivity index (χ3v) is 7.48. The van der Waals surface area contributed by atoms with E-state index < -0.39 is 10.0 Å². The van der Waals surface area contributed by atoms with Crippen molar-refractivity contribution in [2.24, 2.45) is 0 Å². The highest BCUT2D eigenvalue weighted by atomic mass is 35.5. The Morgan fingerprint density at radius 1 is 1.11 bits per heavy atom. The third kappa shape index (κ3) is 4.09. The second-order valence-electron chi connectivity index (χ2n) is 6.90. The summed E-state index contributed by atoms with van der Waals surface area (Å²) in [5, 5.41) is 4.95. The van der Waals surface area contributed by atoms with Crippen LogP contribution in [0.15, 0.2) is 29.2 Å². The first-order valence-corrected chi connectivity index (χ1v) is 11.1. The maximum Gasteiger partial charge on any atom is 0.246 e. The molecule has 1 saturated heterocycles. The number of sulfonamides is 1. The van der Waals surface area contributed by atoms with Crippen LogP contribution in [0.1, 0.15) is 23.9 Å². The number of carbonyl (C=O) groups is 1. The van der Waals surface area contributed by atoms with Gasteiger partial charge in [0, 0.05) is 37.7 Å². The Morgan fingerprint density at radius 2 is 1.71 bits per heavy atom. The molecule has 0 aliphatic carbocycles. The van der Waals surface area contributed by atoms with Crippen LogP contribution >= 0.6 is 11.6 Å². The number of halogens is 1. The molecule has 0 atom stereocenters. The molecule has 0 N–H and O–H groups in total. The zero-order valence-electron chi connectivity index (χ0n) is 16.4. The van der Waals surface area contributed by atoms with E-state index in [1.165, 1.54) is 4.31 Å². The fraction of sp³-hybridized carbons (Fsp3) is 0.474. The van der Waals surface area contributed by atoms with Crippen molar-refractivity contribution in [3.8, 4) is 0 Å². The summed E-state index contributed by atoms with van der Waals surface area (Å²) < 4.78 is 29.4. The molecule has 0 radical (unpaired) electrons. The number of carbonyl (C=O) groups excluding carboxylic acids is 1. The topological polar surface area (TPSA) is 75.5 Å². The highest BCUT2D eigenvalue weighted by molar-refractivity contribution is 7.89. The Balaban J connectivity index is 1.67. The summed E-state index contributed by atoms with van der Waals surface area (Å²) in [6, 6.07) is 7.18. The van der Waals surface area contributed by atoms with Crippen LogP contribution in [-0.4, -0.2) is 59.5 Å². The summed E-state index contributed by atoms with van der Waals surface area (Å²) in [5.74, 6) is -0.00876. The van der Waals surface area contributed by atoms with Gasteiger partial charge in [-0.25, -0.2) is 8.42 Å². The number of amides is 1. The molecule has 1 aliphatic heterocycles.